The molecule has 1 aliphatic carbocycles. The van der Waals surface area contributed by atoms with Crippen molar-refractivity contribution in [3.63, 3.8) is 0 Å². The van der Waals surface area contributed by atoms with Crippen LogP contribution in [0, 0.1) is 5.82 Å². The number of carbonyl (C=O) groups excluding carboxylic acids is 1. The summed E-state index contributed by atoms with van der Waals surface area (Å²) in [4.78, 5) is 28.7. The molecule has 4 rings (SSSR count). The van der Waals surface area contributed by atoms with Gasteiger partial charge in [-0.05, 0) is 42.7 Å². The number of nitrogens with one attached hydrogen (secondary N) is 1. The van der Waals surface area contributed by atoms with Gasteiger partial charge in [0.25, 0.3) is 5.92 Å². The van der Waals surface area contributed by atoms with E-state index in [4.69, 9.17) is 0 Å². The van der Waals surface area contributed by atoms with Crippen LogP contribution in [-0.2, 0) is 16.1 Å². The molecule has 1 aliphatic rings. The maximum atomic E-state index is 14.6. The minimum Gasteiger partial charge on any atom is -0.478 e. The van der Waals surface area contributed by atoms with E-state index in [0.29, 0.717) is 6.07 Å². The van der Waals surface area contributed by atoms with Gasteiger partial charge in [-0.2, -0.15) is 8.78 Å². The Balaban J connectivity index is 1.57. The van der Waals surface area contributed by atoms with Crippen molar-refractivity contribution in [1.82, 2.24) is 4.98 Å². The number of benzene rings is 2. The van der Waals surface area contributed by atoms with E-state index in [1.165, 1.54) is 25.1 Å². The minimum absolute atomic E-state index is 0.0713. The smallest absolute Gasteiger partial charge is 0.478 e. The molecule has 38 heavy (non-hydrogen) atoms. The number of ether oxygens (including phenoxy) is 1. The van der Waals surface area contributed by atoms with E-state index in [1.807, 2.05) is 0 Å². The van der Waals surface area contributed by atoms with Gasteiger partial charge in [0, 0.05) is 35.5 Å². The van der Waals surface area contributed by atoms with Crippen LogP contribution in [0.2, 0.25) is 0 Å². The first-order chi connectivity index (χ1) is 17.8. The number of halogens is 6. The maximum Gasteiger partial charge on any atom is 0.573 e. The summed E-state index contributed by atoms with van der Waals surface area (Å²) in [6, 6.07) is 8.86. The first-order valence-corrected chi connectivity index (χ1v) is 11.3. The number of hydrogen-bond acceptors (Lipinski definition) is 4. The molecule has 3 aromatic rings. The Morgan fingerprint density at radius 2 is 1.76 bits per heavy atom. The Labute approximate surface area is 212 Å². The van der Waals surface area contributed by atoms with Gasteiger partial charge in [-0.1, -0.05) is 25.1 Å². The second-order valence-electron chi connectivity index (χ2n) is 8.78. The molecule has 0 spiro atoms. The van der Waals surface area contributed by atoms with Gasteiger partial charge < -0.3 is 15.2 Å². The highest BCUT2D eigenvalue weighted by Gasteiger charge is 2.53. The summed E-state index contributed by atoms with van der Waals surface area (Å²) in [7, 11) is 0. The van der Waals surface area contributed by atoms with Crippen molar-refractivity contribution < 1.29 is 45.8 Å². The lowest BCUT2D eigenvalue weighted by molar-refractivity contribution is -0.274. The molecule has 1 heterocycles. The van der Waals surface area contributed by atoms with Crippen molar-refractivity contribution >= 4 is 17.6 Å². The number of anilines is 1. The van der Waals surface area contributed by atoms with Crippen LogP contribution in [0.3, 0.4) is 0 Å². The molecule has 12 heteroatoms. The topological polar surface area (TPSA) is 88.5 Å². The van der Waals surface area contributed by atoms with Crippen molar-refractivity contribution in [2.45, 2.75) is 43.9 Å². The number of nitrogens with zero attached hydrogens (tertiary/aromatic N) is 1. The van der Waals surface area contributed by atoms with Crippen LogP contribution in [0.4, 0.5) is 32.0 Å². The van der Waals surface area contributed by atoms with Gasteiger partial charge >= 0.3 is 12.3 Å². The Morgan fingerprint density at radius 1 is 1.05 bits per heavy atom. The first kappa shape index (κ1) is 27.0. The minimum atomic E-state index is -5.00. The number of aromatic nitrogens is 1. The van der Waals surface area contributed by atoms with Crippen molar-refractivity contribution in [3.05, 3.63) is 77.4 Å². The lowest BCUT2D eigenvalue weighted by atomic mass is 9.93. The fourth-order valence-electron chi connectivity index (χ4n) is 4.08. The van der Waals surface area contributed by atoms with Gasteiger partial charge in [0.05, 0.1) is 11.0 Å². The number of hydrogen-bond donors (Lipinski definition) is 2. The van der Waals surface area contributed by atoms with Crippen LogP contribution >= 0.6 is 0 Å². The van der Waals surface area contributed by atoms with Crippen LogP contribution in [0.15, 0.2) is 54.7 Å². The number of aromatic carboxylic acids is 1. The van der Waals surface area contributed by atoms with Gasteiger partial charge in [-0.25, -0.2) is 9.18 Å². The maximum absolute atomic E-state index is 14.6. The van der Waals surface area contributed by atoms with Crippen LogP contribution in [0.5, 0.6) is 5.75 Å². The summed E-state index contributed by atoms with van der Waals surface area (Å²) >= 11 is 0. The molecule has 1 saturated carbocycles. The van der Waals surface area contributed by atoms with Crippen molar-refractivity contribution in [2.24, 2.45) is 0 Å². The molecule has 6 nitrogen and oxygen atoms in total. The lowest BCUT2D eigenvalue weighted by Gasteiger charge is -2.18. The summed E-state index contributed by atoms with van der Waals surface area (Å²) in [5, 5.41) is 12.2. The molecule has 0 saturated heterocycles. The van der Waals surface area contributed by atoms with Crippen LogP contribution < -0.4 is 10.1 Å². The second kappa shape index (κ2) is 9.66. The second-order valence-corrected chi connectivity index (χ2v) is 8.78. The summed E-state index contributed by atoms with van der Waals surface area (Å²) in [5.41, 5.74) is -1.65. The third-order valence-corrected chi connectivity index (χ3v) is 6.28. The van der Waals surface area contributed by atoms with Crippen LogP contribution in [0.25, 0.3) is 11.1 Å². The summed E-state index contributed by atoms with van der Waals surface area (Å²) < 4.78 is 83.3. The Hall–Kier alpha value is -4.09. The molecule has 1 aromatic heterocycles. The monoisotopic (exact) mass is 538 g/mol. The predicted octanol–water partition coefficient (Wildman–Crippen LogP) is 6.66. The largest absolute Gasteiger partial charge is 0.573 e. The Morgan fingerprint density at radius 3 is 2.29 bits per heavy atom. The molecule has 2 aromatic carbocycles. The average Bonchev–Trinajstić information content (AvgIpc) is 3.65. The van der Waals surface area contributed by atoms with E-state index in [0.717, 1.165) is 30.5 Å². The van der Waals surface area contributed by atoms with E-state index >= 15 is 0 Å². The Bertz CT molecular complexity index is 1390. The average molecular weight is 538 g/mol. The third-order valence-electron chi connectivity index (χ3n) is 6.28. The van der Waals surface area contributed by atoms with Crippen LogP contribution in [0.1, 0.15) is 47.8 Å². The normalized spacial score (nSPS) is 14.6. The summed E-state index contributed by atoms with van der Waals surface area (Å²) in [6.07, 6.45) is -3.88. The molecule has 2 N–H and O–H groups in total. The van der Waals surface area contributed by atoms with E-state index in [9.17, 15) is 41.0 Å². The SMILES string of the molecule is CCC(F)(F)c1ccc(-c2ccc(NC(=O)C3(c4ccc(OC(F)(F)F)cc4F)CC3)cc2C(=O)O)cn1. The Kier molecular flexibility index (Phi) is 6.85. The molecular weight excluding hydrogens is 518 g/mol. The molecule has 0 bridgehead atoms. The first-order valence-electron chi connectivity index (χ1n) is 11.3. The van der Waals surface area contributed by atoms with Crippen LogP contribution in [-0.4, -0.2) is 28.3 Å². The highest BCUT2D eigenvalue weighted by atomic mass is 19.4. The molecule has 0 aliphatic heterocycles. The number of amides is 1. The van der Waals surface area contributed by atoms with Crippen molar-refractivity contribution in [1.29, 1.82) is 0 Å². The third kappa shape index (κ3) is 5.43. The number of alkyl halides is 5. The number of pyridine rings is 1. The molecule has 1 fully saturated rings. The van der Waals surface area contributed by atoms with Gasteiger partial charge in [0.15, 0.2) is 0 Å². The van der Waals surface area contributed by atoms with Gasteiger partial charge in [-0.15, -0.1) is 13.2 Å². The highest BCUT2D eigenvalue weighted by molar-refractivity contribution is 6.03. The zero-order valence-electron chi connectivity index (χ0n) is 19.7. The van der Waals surface area contributed by atoms with Gasteiger partial charge in [0.2, 0.25) is 5.91 Å². The number of rotatable bonds is 8. The number of carbonyl (C=O) groups is 2. The van der Waals surface area contributed by atoms with E-state index in [-0.39, 0.29) is 40.8 Å². The molecule has 1 amide bonds. The van der Waals surface area contributed by atoms with Gasteiger partial charge in [0.1, 0.15) is 17.3 Å². The molecule has 200 valence electrons. The fourth-order valence-corrected chi connectivity index (χ4v) is 4.08. The number of carboxylic acid groups (broad SMARTS) is 1. The predicted molar refractivity (Wildman–Crippen MR) is 123 cm³/mol. The highest BCUT2D eigenvalue weighted by Crippen LogP contribution is 2.50. The molecule has 0 radical (unpaired) electrons. The van der Waals surface area contributed by atoms with E-state index in [2.05, 4.69) is 15.0 Å². The van der Waals surface area contributed by atoms with Gasteiger partial charge in [-0.3, -0.25) is 9.78 Å². The number of carboxylic acids is 1. The standard InChI is InChI=1S/C26H20F6N2O4/c1-2-25(28,29)21-8-3-14(13-33-21)17-6-4-15(11-18(17)22(35)36)34-23(37)24(9-10-24)19-7-5-16(12-20(19)27)38-26(30,31)32/h3-8,11-13H,2,9-10H2,1H3,(H,34,37)(H,35,36). The molecule has 0 unspecified atom stereocenters. The summed E-state index contributed by atoms with van der Waals surface area (Å²) in [5.74, 6) is -6.97. The summed E-state index contributed by atoms with van der Waals surface area (Å²) in [6.45, 7) is 1.31. The van der Waals surface area contributed by atoms with Crippen molar-refractivity contribution in [2.75, 3.05) is 5.32 Å². The van der Waals surface area contributed by atoms with E-state index < -0.39 is 53.3 Å². The lowest BCUT2D eigenvalue weighted by Crippen LogP contribution is -2.29. The zero-order chi connectivity index (χ0) is 27.9. The van der Waals surface area contributed by atoms with E-state index in [1.54, 1.807) is 0 Å². The quantitative estimate of drug-likeness (QED) is 0.313. The van der Waals surface area contributed by atoms with Crippen molar-refractivity contribution in [3.8, 4) is 16.9 Å². The molecular formula is C26H20F6N2O4. The molecule has 0 atom stereocenters. The zero-order valence-corrected chi connectivity index (χ0v) is 19.7. The fraction of sp³-hybridized carbons (Fsp3) is 0.269.